The van der Waals surface area contributed by atoms with Crippen molar-refractivity contribution >= 4 is 53.6 Å². The van der Waals surface area contributed by atoms with Crippen LogP contribution in [-0.2, 0) is 27.6 Å². The summed E-state index contributed by atoms with van der Waals surface area (Å²) in [6.45, 7) is 6.90. The lowest BCUT2D eigenvalue weighted by Gasteiger charge is -2.26. The smallest absolute Gasteiger partial charge is 0.240 e. The Labute approximate surface area is 213 Å². The highest BCUT2D eigenvalue weighted by molar-refractivity contribution is 7.92. The van der Waals surface area contributed by atoms with Gasteiger partial charge in [-0.25, -0.2) is 13.4 Å². The molecule has 5 rings (SSSR count). The molecule has 1 amide bonds. The zero-order valence-electron chi connectivity index (χ0n) is 19.7. The van der Waals surface area contributed by atoms with Crippen molar-refractivity contribution in [1.29, 1.82) is 0 Å². The molecule has 35 heavy (non-hydrogen) atoms. The van der Waals surface area contributed by atoms with Crippen molar-refractivity contribution in [2.75, 3.05) is 24.2 Å². The number of benzene rings is 2. The van der Waals surface area contributed by atoms with E-state index >= 15 is 0 Å². The van der Waals surface area contributed by atoms with E-state index < -0.39 is 21.5 Å². The summed E-state index contributed by atoms with van der Waals surface area (Å²) < 4.78 is 26.8. The number of hydrogen-bond donors (Lipinski definition) is 1. The van der Waals surface area contributed by atoms with Crippen molar-refractivity contribution in [3.63, 3.8) is 0 Å². The molecule has 0 fully saturated rings. The number of nitrogens with one attached hydrogen (secondary N) is 1. The van der Waals surface area contributed by atoms with Gasteiger partial charge >= 0.3 is 0 Å². The largest absolute Gasteiger partial charge is 0.316 e. The predicted molar refractivity (Wildman–Crippen MR) is 144 cm³/mol. The molecule has 4 aromatic rings. The first-order valence-electron chi connectivity index (χ1n) is 11.7. The molecule has 2 aromatic heterocycles. The van der Waals surface area contributed by atoms with Crippen molar-refractivity contribution in [3.8, 4) is 10.6 Å². The van der Waals surface area contributed by atoms with Crippen molar-refractivity contribution in [2.24, 2.45) is 0 Å². The van der Waals surface area contributed by atoms with E-state index in [9.17, 15) is 13.2 Å². The predicted octanol–water partition coefficient (Wildman–Crippen LogP) is 5.51. The van der Waals surface area contributed by atoms with Crippen LogP contribution in [0.1, 0.15) is 29.3 Å². The third-order valence-corrected chi connectivity index (χ3v) is 9.96. The molecule has 1 N–H and O–H groups in total. The van der Waals surface area contributed by atoms with Crippen molar-refractivity contribution in [1.82, 2.24) is 9.88 Å². The first kappa shape index (κ1) is 24.1. The van der Waals surface area contributed by atoms with Gasteiger partial charge in [-0.15, -0.1) is 22.7 Å². The first-order valence-corrected chi connectivity index (χ1v) is 14.9. The summed E-state index contributed by atoms with van der Waals surface area (Å²) in [5.74, 6) is -1.13. The number of nitrogens with zero attached hydrogens (tertiary/aromatic N) is 2. The number of carbonyl (C=O) groups is 1. The van der Waals surface area contributed by atoms with E-state index in [2.05, 4.69) is 17.1 Å². The second-order valence-electron chi connectivity index (χ2n) is 8.84. The van der Waals surface area contributed by atoms with Gasteiger partial charge < -0.3 is 5.32 Å². The molecule has 0 unspecified atom stereocenters. The number of sulfone groups is 1. The van der Waals surface area contributed by atoms with Gasteiger partial charge in [0.1, 0.15) is 15.8 Å². The molecule has 0 atom stereocenters. The highest BCUT2D eigenvalue weighted by Crippen LogP contribution is 2.45. The molecule has 182 valence electrons. The summed E-state index contributed by atoms with van der Waals surface area (Å²) in [6.07, 6.45) is 1.97. The summed E-state index contributed by atoms with van der Waals surface area (Å²) in [4.78, 5) is 21.7. The Balaban J connectivity index is 1.48. The maximum Gasteiger partial charge on any atom is 0.240 e. The molecule has 0 saturated heterocycles. The van der Waals surface area contributed by atoms with Crippen LogP contribution >= 0.6 is 22.7 Å². The number of aryl methyl sites for hydroxylation is 1. The summed E-state index contributed by atoms with van der Waals surface area (Å²) in [5, 5.41) is 4.50. The maximum atomic E-state index is 13.0. The Kier molecular flexibility index (Phi) is 6.76. The third kappa shape index (κ3) is 5.04. The molecule has 0 aliphatic carbocycles. The zero-order chi connectivity index (χ0) is 24.6. The minimum atomic E-state index is -3.74. The number of thiazole rings is 1. The minimum Gasteiger partial charge on any atom is -0.316 e. The molecule has 1 aliphatic rings. The fourth-order valence-electron chi connectivity index (χ4n) is 4.42. The van der Waals surface area contributed by atoms with Gasteiger partial charge in [0, 0.05) is 23.5 Å². The summed E-state index contributed by atoms with van der Waals surface area (Å²) >= 11 is 3.15. The number of fused-ring (bicyclic) bond motifs is 2. The van der Waals surface area contributed by atoms with Crippen LogP contribution < -0.4 is 5.32 Å². The van der Waals surface area contributed by atoms with Gasteiger partial charge in [-0.2, -0.15) is 0 Å². The topological polar surface area (TPSA) is 79.4 Å². The lowest BCUT2D eigenvalue weighted by molar-refractivity contribution is -0.113. The number of aromatic nitrogens is 1. The van der Waals surface area contributed by atoms with Crippen LogP contribution in [0.3, 0.4) is 0 Å². The average molecular weight is 526 g/mol. The fourth-order valence-corrected chi connectivity index (χ4v) is 7.97. The van der Waals surface area contributed by atoms with Gasteiger partial charge in [0.05, 0.1) is 15.1 Å². The number of carbonyl (C=O) groups excluding carboxylic acids is 1. The van der Waals surface area contributed by atoms with Crippen LogP contribution in [-0.4, -0.2) is 43.1 Å². The lowest BCUT2D eigenvalue weighted by atomic mass is 10.0. The molecule has 0 spiro atoms. The van der Waals surface area contributed by atoms with Crippen LogP contribution in [0.2, 0.25) is 0 Å². The Morgan fingerprint density at radius 1 is 1.11 bits per heavy atom. The normalized spacial score (nSPS) is 14.2. The van der Waals surface area contributed by atoms with Crippen LogP contribution in [0, 0.1) is 6.92 Å². The van der Waals surface area contributed by atoms with Gasteiger partial charge in [-0.1, -0.05) is 36.8 Å². The molecular formula is C26H27N3O3S3. The molecule has 0 radical (unpaired) electrons. The number of thiophene rings is 1. The number of hydrogen-bond acceptors (Lipinski definition) is 7. The average Bonchev–Trinajstić information content (AvgIpc) is 3.39. The van der Waals surface area contributed by atoms with E-state index in [1.165, 1.54) is 10.4 Å². The van der Waals surface area contributed by atoms with Gasteiger partial charge in [0.2, 0.25) is 5.91 Å². The standard InChI is InChI=1S/C26H27N3O3S3/c1-3-13-29-14-12-19-22(15-29)34-26(24(19)25-27-20-6-4-5-7-21(20)33-25)28-23(30)16-35(31,32)18-10-8-17(2)9-11-18/h4-11H,3,12-16H2,1-2H3,(H,28,30). The fraction of sp³-hybridized carbons (Fsp3) is 0.308. The van der Waals surface area contributed by atoms with E-state index in [1.54, 1.807) is 46.9 Å². The van der Waals surface area contributed by atoms with Gasteiger partial charge in [-0.3, -0.25) is 9.69 Å². The maximum absolute atomic E-state index is 13.0. The molecular weight excluding hydrogens is 499 g/mol. The third-order valence-electron chi connectivity index (χ3n) is 6.14. The summed E-state index contributed by atoms with van der Waals surface area (Å²) in [5.41, 5.74) is 4.06. The summed E-state index contributed by atoms with van der Waals surface area (Å²) in [7, 11) is -3.74. The van der Waals surface area contributed by atoms with Crippen molar-refractivity contribution < 1.29 is 13.2 Å². The lowest BCUT2D eigenvalue weighted by Crippen LogP contribution is -2.30. The first-order chi connectivity index (χ1) is 16.8. The van der Waals surface area contributed by atoms with Gasteiger partial charge in [-0.05, 0) is 56.1 Å². The van der Waals surface area contributed by atoms with Crippen LogP contribution in [0.5, 0.6) is 0 Å². The Hall–Kier alpha value is -2.59. The Morgan fingerprint density at radius 2 is 1.89 bits per heavy atom. The number of amides is 1. The van der Waals surface area contributed by atoms with Crippen molar-refractivity contribution in [2.45, 2.75) is 38.1 Å². The SMILES string of the molecule is CCCN1CCc2c(sc(NC(=O)CS(=O)(=O)c3ccc(C)cc3)c2-c2nc3ccccc3s2)C1. The van der Waals surface area contributed by atoms with Crippen molar-refractivity contribution in [3.05, 3.63) is 64.5 Å². The highest BCUT2D eigenvalue weighted by atomic mass is 32.2. The molecule has 2 aromatic carbocycles. The molecule has 3 heterocycles. The second kappa shape index (κ2) is 9.81. The molecule has 0 bridgehead atoms. The number of rotatable bonds is 7. The Morgan fingerprint density at radius 3 is 2.63 bits per heavy atom. The van der Waals surface area contributed by atoms with E-state index in [-0.39, 0.29) is 4.90 Å². The molecule has 0 saturated carbocycles. The quantitative estimate of drug-likeness (QED) is 0.344. The van der Waals surface area contributed by atoms with E-state index in [4.69, 9.17) is 4.98 Å². The Bertz CT molecular complexity index is 1450. The molecule has 1 aliphatic heterocycles. The highest BCUT2D eigenvalue weighted by Gasteiger charge is 2.28. The second-order valence-corrected chi connectivity index (χ2v) is 13.0. The van der Waals surface area contributed by atoms with E-state index in [1.807, 2.05) is 31.2 Å². The van der Waals surface area contributed by atoms with Crippen LogP contribution in [0.25, 0.3) is 20.8 Å². The molecule has 9 heteroatoms. The van der Waals surface area contributed by atoms with Crippen LogP contribution in [0.15, 0.2) is 53.4 Å². The minimum absolute atomic E-state index is 0.158. The van der Waals surface area contributed by atoms with E-state index in [0.717, 1.165) is 58.8 Å². The van der Waals surface area contributed by atoms with Gasteiger partial charge in [0.25, 0.3) is 0 Å². The summed E-state index contributed by atoms with van der Waals surface area (Å²) in [6, 6.07) is 14.6. The zero-order valence-corrected chi connectivity index (χ0v) is 22.2. The molecule has 6 nitrogen and oxygen atoms in total. The number of anilines is 1. The van der Waals surface area contributed by atoms with Gasteiger partial charge in [0.15, 0.2) is 9.84 Å². The van der Waals surface area contributed by atoms with Crippen LogP contribution in [0.4, 0.5) is 5.00 Å². The number of para-hydroxylation sites is 1. The monoisotopic (exact) mass is 525 g/mol. The van der Waals surface area contributed by atoms with E-state index in [0.29, 0.717) is 5.00 Å².